The molecule has 2 aliphatic rings. The van der Waals surface area contributed by atoms with E-state index in [1.165, 1.54) is 12.1 Å². The van der Waals surface area contributed by atoms with Gasteiger partial charge in [-0.2, -0.15) is 0 Å². The average molecular weight is 473 g/mol. The van der Waals surface area contributed by atoms with Crippen molar-refractivity contribution in [2.45, 2.75) is 51.2 Å². The molecule has 0 radical (unpaired) electrons. The predicted octanol–water partition coefficient (Wildman–Crippen LogP) is 2.78. The molecule has 184 valence electrons. The number of hydrogen-bond acceptors (Lipinski definition) is 8. The van der Waals surface area contributed by atoms with E-state index in [1.807, 2.05) is 0 Å². The lowest BCUT2D eigenvalue weighted by Crippen LogP contribution is -2.39. The zero-order valence-electron chi connectivity index (χ0n) is 19.3. The number of hydroxylamine groups is 1. The van der Waals surface area contributed by atoms with Crippen LogP contribution in [0, 0.1) is 0 Å². The number of nitrogens with zero attached hydrogens (tertiary/aromatic N) is 1. The van der Waals surface area contributed by atoms with Crippen LogP contribution in [0.2, 0.25) is 0 Å². The van der Waals surface area contributed by atoms with E-state index in [0.29, 0.717) is 31.6 Å². The number of carbonyl (C=O) groups is 2. The number of phenolic OH excluding ortho intramolecular Hbond substituents is 2. The van der Waals surface area contributed by atoms with Crippen molar-refractivity contribution in [3.8, 4) is 11.5 Å². The number of fused-ring (bicyclic) bond motifs is 1. The van der Waals surface area contributed by atoms with E-state index in [9.17, 15) is 24.9 Å². The third-order valence-electron chi connectivity index (χ3n) is 5.55. The summed E-state index contributed by atoms with van der Waals surface area (Å²) in [6, 6.07) is 2.38. The number of carbonyl (C=O) groups excluding carboxylic acids is 2. The van der Waals surface area contributed by atoms with Crippen molar-refractivity contribution in [1.29, 1.82) is 0 Å². The molecule has 2 aliphatic heterocycles. The number of cyclic esters (lactones) is 1. The first kappa shape index (κ1) is 25.3. The van der Waals surface area contributed by atoms with Gasteiger partial charge in [-0.25, -0.2) is 4.79 Å². The van der Waals surface area contributed by atoms with Crippen LogP contribution in [-0.4, -0.2) is 64.0 Å². The van der Waals surface area contributed by atoms with Gasteiger partial charge < -0.3 is 25.0 Å². The number of hydrogen-bond donors (Lipinski definition) is 4. The van der Waals surface area contributed by atoms with Gasteiger partial charge in [-0.15, -0.1) is 0 Å². The van der Waals surface area contributed by atoms with E-state index in [-0.39, 0.29) is 29.4 Å². The molecule has 0 saturated carbocycles. The number of aliphatic hydroxyl groups is 1. The molecular weight excluding hydrogens is 440 g/mol. The second-order valence-electron chi connectivity index (χ2n) is 8.45. The Hall–Kier alpha value is -3.30. The Balaban J connectivity index is 1.85. The van der Waals surface area contributed by atoms with Crippen molar-refractivity contribution in [1.82, 2.24) is 10.4 Å². The summed E-state index contributed by atoms with van der Waals surface area (Å²) < 4.78 is 5.43. The van der Waals surface area contributed by atoms with Crippen LogP contribution in [0.15, 0.2) is 42.1 Å². The number of nitrogens with one attached hydrogen (secondary N) is 1. The number of likely N-dealkylation sites (tertiary alicyclic amines) is 1. The number of rotatable bonds is 4. The highest BCUT2D eigenvalue weighted by atomic mass is 16.6. The monoisotopic (exact) mass is 472 g/mol. The molecule has 2 heterocycles. The van der Waals surface area contributed by atoms with Gasteiger partial charge >= 0.3 is 5.97 Å². The third kappa shape index (κ3) is 7.36. The number of esters is 1. The van der Waals surface area contributed by atoms with Crippen molar-refractivity contribution in [3.05, 3.63) is 53.3 Å². The fourth-order valence-electron chi connectivity index (χ4n) is 3.79. The fraction of sp³-hybridized carbons (Fsp3) is 0.440. The van der Waals surface area contributed by atoms with Gasteiger partial charge in [-0.05, 0) is 56.4 Å². The number of aromatic hydroxyl groups is 2. The maximum Gasteiger partial charge on any atom is 0.342 e. The molecule has 0 spiro atoms. The highest BCUT2D eigenvalue weighted by Gasteiger charge is 2.21. The minimum atomic E-state index is -0.758. The summed E-state index contributed by atoms with van der Waals surface area (Å²) in [5.74, 6) is -1.55. The largest absolute Gasteiger partial charge is 0.508 e. The first-order valence-corrected chi connectivity index (χ1v) is 11.5. The van der Waals surface area contributed by atoms with Crippen molar-refractivity contribution < 1.29 is 34.5 Å². The highest BCUT2D eigenvalue weighted by molar-refractivity contribution is 5.97. The van der Waals surface area contributed by atoms with Gasteiger partial charge in [0.25, 0.3) is 5.91 Å². The third-order valence-corrected chi connectivity index (χ3v) is 5.55. The Morgan fingerprint density at radius 2 is 1.94 bits per heavy atom. The van der Waals surface area contributed by atoms with Gasteiger partial charge in [0.1, 0.15) is 23.2 Å². The zero-order chi connectivity index (χ0) is 24.5. The number of benzene rings is 1. The van der Waals surface area contributed by atoms with Crippen LogP contribution < -0.4 is 5.48 Å². The van der Waals surface area contributed by atoms with Crippen molar-refractivity contribution >= 4 is 18.0 Å². The van der Waals surface area contributed by atoms with Crippen LogP contribution in [0.3, 0.4) is 0 Å². The molecule has 9 nitrogen and oxygen atoms in total. The first-order valence-electron chi connectivity index (χ1n) is 11.5. The van der Waals surface area contributed by atoms with Crippen molar-refractivity contribution in [3.63, 3.8) is 0 Å². The molecular formula is C25H32N2O7. The first-order chi connectivity index (χ1) is 16.3. The molecule has 4 N–H and O–H groups in total. The lowest BCUT2D eigenvalue weighted by atomic mass is 10.0. The Morgan fingerprint density at radius 3 is 2.71 bits per heavy atom. The van der Waals surface area contributed by atoms with Crippen molar-refractivity contribution in [2.24, 2.45) is 0 Å². The maximum absolute atomic E-state index is 12.8. The maximum atomic E-state index is 12.8. The fourth-order valence-corrected chi connectivity index (χ4v) is 3.79. The molecule has 9 heteroatoms. The second kappa shape index (κ2) is 12.2. The summed E-state index contributed by atoms with van der Waals surface area (Å²) in [6.07, 6.45) is 10.7. The van der Waals surface area contributed by atoms with Crippen LogP contribution in [0.1, 0.15) is 54.9 Å². The molecule has 34 heavy (non-hydrogen) atoms. The molecule has 1 saturated heterocycles. The van der Waals surface area contributed by atoms with E-state index in [1.54, 1.807) is 36.1 Å². The normalized spacial score (nSPS) is 23.3. The highest BCUT2D eigenvalue weighted by Crippen LogP contribution is 2.30. The van der Waals surface area contributed by atoms with Gasteiger partial charge in [-0.3, -0.25) is 15.1 Å². The predicted molar refractivity (Wildman–Crippen MR) is 126 cm³/mol. The second-order valence-corrected chi connectivity index (χ2v) is 8.45. The number of amides is 1. The number of piperidine rings is 1. The van der Waals surface area contributed by atoms with E-state index in [2.05, 4.69) is 5.48 Å². The molecule has 1 aromatic carbocycles. The van der Waals surface area contributed by atoms with Gasteiger partial charge in [0.05, 0.1) is 11.8 Å². The smallest absolute Gasteiger partial charge is 0.342 e. The molecule has 1 fully saturated rings. The Bertz CT molecular complexity index is 964. The van der Waals surface area contributed by atoms with Crippen LogP contribution in [-0.2, 0) is 14.4 Å². The van der Waals surface area contributed by atoms with Crippen LogP contribution in [0.4, 0.5) is 0 Å². The Morgan fingerprint density at radius 1 is 1.18 bits per heavy atom. The average Bonchev–Trinajstić information content (AvgIpc) is 2.78. The lowest BCUT2D eigenvalue weighted by Gasteiger charge is -2.26. The minimum Gasteiger partial charge on any atom is -0.508 e. The lowest BCUT2D eigenvalue weighted by molar-refractivity contribution is -0.139. The molecule has 0 bridgehead atoms. The SMILES string of the molecule is C[C@@H]1CC=CC(O)CC=C/C(NOCC(=O)N2CCCCC2)=C/c2cc(O)cc(O)c2C(=O)O1. The summed E-state index contributed by atoms with van der Waals surface area (Å²) in [5.41, 5.74) is 3.13. The number of ether oxygens (including phenoxy) is 1. The van der Waals surface area contributed by atoms with Gasteiger partial charge in [0.15, 0.2) is 6.61 Å². The number of phenols is 2. The molecule has 0 aliphatic carbocycles. The summed E-state index contributed by atoms with van der Waals surface area (Å²) in [4.78, 5) is 32.3. The Kier molecular flexibility index (Phi) is 9.12. The van der Waals surface area contributed by atoms with E-state index in [4.69, 9.17) is 9.57 Å². The van der Waals surface area contributed by atoms with Crippen LogP contribution in [0.5, 0.6) is 11.5 Å². The summed E-state index contributed by atoms with van der Waals surface area (Å²) >= 11 is 0. The Labute approximate surface area is 198 Å². The summed E-state index contributed by atoms with van der Waals surface area (Å²) in [6.45, 7) is 2.94. The molecule has 2 atom stereocenters. The molecule has 0 aromatic heterocycles. The van der Waals surface area contributed by atoms with Gasteiger partial charge in [0, 0.05) is 25.6 Å². The van der Waals surface area contributed by atoms with E-state index >= 15 is 0 Å². The zero-order valence-corrected chi connectivity index (χ0v) is 19.3. The topological polar surface area (TPSA) is 129 Å². The van der Waals surface area contributed by atoms with Crippen molar-refractivity contribution in [2.75, 3.05) is 19.7 Å². The number of allylic oxidation sites excluding steroid dienone is 1. The standard InChI is InChI=1S/C25H32N2O7/c1-17-7-5-9-20(28)10-6-8-19(26-33-16-23(31)27-11-3-2-4-12-27)13-18-14-21(29)15-22(30)24(18)25(32)34-17/h5-6,8-9,13-15,17,20,26,28-30H,2-4,7,10-12,16H2,1H3/b8-6?,9-5?,19-13-/t17-,20?/m1/s1. The van der Waals surface area contributed by atoms with Gasteiger partial charge in [0.2, 0.25) is 0 Å². The van der Waals surface area contributed by atoms with Crippen LogP contribution in [0.25, 0.3) is 6.08 Å². The molecule has 1 unspecified atom stereocenters. The molecule has 1 amide bonds. The quantitative estimate of drug-likeness (QED) is 0.299. The summed E-state index contributed by atoms with van der Waals surface area (Å²) in [5, 5.41) is 30.5. The van der Waals surface area contributed by atoms with Gasteiger partial charge in [-0.1, -0.05) is 18.2 Å². The van der Waals surface area contributed by atoms with Crippen LogP contribution >= 0.6 is 0 Å². The van der Waals surface area contributed by atoms with E-state index in [0.717, 1.165) is 25.3 Å². The number of aliphatic hydroxyl groups excluding tert-OH is 1. The molecule has 1 aromatic rings. The van der Waals surface area contributed by atoms with E-state index < -0.39 is 23.9 Å². The summed E-state index contributed by atoms with van der Waals surface area (Å²) in [7, 11) is 0. The minimum absolute atomic E-state index is 0.109. The molecule has 3 rings (SSSR count).